The second kappa shape index (κ2) is 10.6. The fourth-order valence-corrected chi connectivity index (χ4v) is 6.81. The van der Waals surface area contributed by atoms with E-state index in [2.05, 4.69) is 5.10 Å². The first-order valence-corrected chi connectivity index (χ1v) is 15.1. The third kappa shape index (κ3) is 4.58. The van der Waals surface area contributed by atoms with Crippen LogP contribution in [0.25, 0.3) is 10.9 Å². The Kier molecular flexibility index (Phi) is 7.47. The van der Waals surface area contributed by atoms with Crippen LogP contribution in [-0.4, -0.2) is 73.2 Å². The van der Waals surface area contributed by atoms with Crippen molar-refractivity contribution in [3.8, 4) is 11.5 Å². The Balaban J connectivity index is 1.87. The SMILES string of the molecule is CCN1C[C@H](C)n2c(c(OC)c3c(=O)n4nc(c32)N(C)S(=O)(=O)CCCCCOc2cc(F)c(Cl)cc2C4)C1=O. The Morgan fingerprint density at radius 2 is 1.98 bits per heavy atom. The van der Waals surface area contributed by atoms with Gasteiger partial charge in [-0.05, 0) is 39.2 Å². The first-order chi connectivity index (χ1) is 19.0. The number of sulfonamides is 1. The molecule has 216 valence electrons. The number of hydrogen-bond donors (Lipinski definition) is 0. The highest BCUT2D eigenvalue weighted by atomic mass is 35.5. The molecule has 0 saturated heterocycles. The Hall–Kier alpha value is -3.32. The second-order valence-corrected chi connectivity index (χ2v) is 12.5. The summed E-state index contributed by atoms with van der Waals surface area (Å²) in [5.41, 5.74) is 0.147. The maximum Gasteiger partial charge on any atom is 0.280 e. The average molecular weight is 596 g/mol. The Bertz CT molecular complexity index is 1670. The predicted molar refractivity (Wildman–Crippen MR) is 149 cm³/mol. The highest BCUT2D eigenvalue weighted by molar-refractivity contribution is 7.92. The van der Waals surface area contributed by atoms with Crippen molar-refractivity contribution in [1.82, 2.24) is 19.2 Å². The number of aromatic nitrogens is 3. The van der Waals surface area contributed by atoms with Gasteiger partial charge in [0.1, 0.15) is 22.5 Å². The molecule has 2 aromatic heterocycles. The van der Waals surface area contributed by atoms with E-state index in [0.29, 0.717) is 37.9 Å². The molecule has 0 unspecified atom stereocenters. The maximum atomic E-state index is 14.4. The maximum absolute atomic E-state index is 14.4. The minimum absolute atomic E-state index is 0.0171. The zero-order valence-electron chi connectivity index (χ0n) is 22.7. The minimum atomic E-state index is -3.86. The van der Waals surface area contributed by atoms with Crippen molar-refractivity contribution >= 4 is 44.3 Å². The van der Waals surface area contributed by atoms with E-state index in [1.165, 1.54) is 26.3 Å². The number of rotatable bonds is 2. The third-order valence-electron chi connectivity index (χ3n) is 7.48. The monoisotopic (exact) mass is 595 g/mol. The molecule has 2 aliphatic heterocycles. The summed E-state index contributed by atoms with van der Waals surface area (Å²) in [6.07, 6.45) is 1.47. The van der Waals surface area contributed by atoms with Crippen molar-refractivity contribution in [2.75, 3.05) is 43.9 Å². The van der Waals surface area contributed by atoms with Crippen LogP contribution in [0, 0.1) is 5.82 Å². The average Bonchev–Trinajstić information content (AvgIpc) is 3.27. The van der Waals surface area contributed by atoms with Crippen LogP contribution in [0.3, 0.4) is 0 Å². The lowest BCUT2D eigenvalue weighted by atomic mass is 10.2. The van der Waals surface area contributed by atoms with E-state index in [0.717, 1.165) is 8.99 Å². The largest absolute Gasteiger partial charge is 0.493 e. The molecule has 2 bridgehead atoms. The number of fused-ring (bicyclic) bond motifs is 7. The van der Waals surface area contributed by atoms with E-state index in [4.69, 9.17) is 21.1 Å². The fraction of sp³-hybridized carbons (Fsp3) is 0.500. The van der Waals surface area contributed by atoms with E-state index in [1.807, 2.05) is 13.8 Å². The first-order valence-electron chi connectivity index (χ1n) is 13.1. The summed E-state index contributed by atoms with van der Waals surface area (Å²) in [4.78, 5) is 29.2. The number of benzene rings is 1. The molecule has 1 aromatic carbocycles. The number of hydrogen-bond acceptors (Lipinski definition) is 7. The molecule has 2 aliphatic rings. The van der Waals surface area contributed by atoms with Crippen molar-refractivity contribution in [2.24, 2.45) is 0 Å². The predicted octanol–water partition coefficient (Wildman–Crippen LogP) is 3.41. The molecule has 1 atom stereocenters. The van der Waals surface area contributed by atoms with Crippen LogP contribution in [0.5, 0.6) is 11.5 Å². The minimum Gasteiger partial charge on any atom is -0.493 e. The zero-order chi connectivity index (χ0) is 28.9. The Morgan fingerprint density at radius 3 is 2.67 bits per heavy atom. The molecule has 0 aliphatic carbocycles. The molecule has 0 fully saturated rings. The van der Waals surface area contributed by atoms with Crippen molar-refractivity contribution < 1.29 is 27.1 Å². The third-order valence-corrected chi connectivity index (χ3v) is 9.58. The van der Waals surface area contributed by atoms with E-state index in [9.17, 15) is 22.4 Å². The van der Waals surface area contributed by atoms with Crippen LogP contribution in [0.4, 0.5) is 10.2 Å². The number of methoxy groups -OCH3 is 1. The first kappa shape index (κ1) is 28.2. The van der Waals surface area contributed by atoms with Gasteiger partial charge in [-0.3, -0.25) is 13.9 Å². The topological polar surface area (TPSA) is 116 Å². The van der Waals surface area contributed by atoms with Crippen molar-refractivity contribution in [2.45, 2.75) is 45.7 Å². The van der Waals surface area contributed by atoms with Crippen LogP contribution in [0.2, 0.25) is 5.02 Å². The number of carbonyl (C=O) groups excluding carboxylic acids is 1. The molecular weight excluding hydrogens is 565 g/mol. The summed E-state index contributed by atoms with van der Waals surface area (Å²) in [6, 6.07) is 2.23. The van der Waals surface area contributed by atoms with Gasteiger partial charge in [0, 0.05) is 37.8 Å². The standard InChI is InChI=1S/C26H31ClFN5O6S/c1-5-31-13-15(2)33-21-20(23(38-4)22(33)26(31)35)25(34)32-14-16-11-17(27)18(28)12-19(16)39-9-7-6-8-10-40(36,37)30(3)24(21)29-32/h11-12,15H,5-10,13-14H2,1-4H3/t15-/m0/s1. The lowest BCUT2D eigenvalue weighted by Crippen LogP contribution is -2.42. The van der Waals surface area contributed by atoms with E-state index < -0.39 is 21.4 Å². The van der Waals surface area contributed by atoms with E-state index in [-0.39, 0.29) is 69.8 Å². The van der Waals surface area contributed by atoms with Gasteiger partial charge in [0.25, 0.3) is 11.5 Å². The summed E-state index contributed by atoms with van der Waals surface area (Å²) in [5, 5.41) is 4.40. The molecule has 4 heterocycles. The highest BCUT2D eigenvalue weighted by Gasteiger charge is 2.39. The molecule has 3 aromatic rings. The molecule has 5 rings (SSSR count). The van der Waals surface area contributed by atoms with E-state index >= 15 is 0 Å². The lowest BCUT2D eigenvalue weighted by Gasteiger charge is -2.33. The number of halogens is 2. The molecule has 0 N–H and O–H groups in total. The van der Waals surface area contributed by atoms with Gasteiger partial charge >= 0.3 is 0 Å². The van der Waals surface area contributed by atoms with Crippen LogP contribution in [-0.2, 0) is 16.6 Å². The van der Waals surface area contributed by atoms with Crippen molar-refractivity contribution in [3.63, 3.8) is 0 Å². The smallest absolute Gasteiger partial charge is 0.280 e. The van der Waals surface area contributed by atoms with Crippen LogP contribution in [0.1, 0.15) is 55.2 Å². The van der Waals surface area contributed by atoms with Gasteiger partial charge in [0.05, 0.1) is 31.0 Å². The number of likely N-dealkylation sites (N-methyl/N-ethyl adjacent to an activating group) is 1. The van der Waals surface area contributed by atoms with Gasteiger partial charge in [-0.2, -0.15) is 0 Å². The van der Waals surface area contributed by atoms with Crippen molar-refractivity contribution in [1.29, 1.82) is 0 Å². The van der Waals surface area contributed by atoms with Crippen LogP contribution < -0.4 is 19.3 Å². The summed E-state index contributed by atoms with van der Waals surface area (Å²) in [7, 11) is -1.11. The number of amides is 1. The van der Waals surface area contributed by atoms with Gasteiger partial charge in [-0.1, -0.05) is 11.6 Å². The molecule has 14 heteroatoms. The summed E-state index contributed by atoms with van der Waals surface area (Å²) < 4.78 is 56.6. The van der Waals surface area contributed by atoms with Crippen LogP contribution >= 0.6 is 11.6 Å². The Morgan fingerprint density at radius 1 is 1.23 bits per heavy atom. The Labute approximate surface area is 236 Å². The quantitative estimate of drug-likeness (QED) is 0.446. The molecular formula is C26H31ClFN5O6S. The molecule has 40 heavy (non-hydrogen) atoms. The summed E-state index contributed by atoms with van der Waals surface area (Å²) >= 11 is 6.08. The van der Waals surface area contributed by atoms with Crippen molar-refractivity contribution in [3.05, 3.63) is 44.6 Å². The fourth-order valence-electron chi connectivity index (χ4n) is 5.39. The van der Waals surface area contributed by atoms with Gasteiger partial charge in [-0.15, -0.1) is 5.10 Å². The zero-order valence-corrected chi connectivity index (χ0v) is 24.3. The number of ether oxygens (including phenoxy) is 2. The van der Waals surface area contributed by atoms with Gasteiger partial charge < -0.3 is 18.9 Å². The number of nitrogens with zero attached hydrogens (tertiary/aromatic N) is 5. The molecule has 11 nitrogen and oxygen atoms in total. The molecule has 0 spiro atoms. The highest BCUT2D eigenvalue weighted by Crippen LogP contribution is 2.41. The second-order valence-electron chi connectivity index (χ2n) is 10.0. The molecule has 0 radical (unpaired) electrons. The summed E-state index contributed by atoms with van der Waals surface area (Å²) in [6.45, 7) is 4.59. The number of carbonyl (C=O) groups is 1. The molecule has 0 saturated carbocycles. The van der Waals surface area contributed by atoms with Gasteiger partial charge in [0.15, 0.2) is 17.3 Å². The normalized spacial score (nSPS) is 19.6. The molecule has 1 amide bonds. The van der Waals surface area contributed by atoms with Crippen LogP contribution in [0.15, 0.2) is 16.9 Å². The number of anilines is 1. The lowest BCUT2D eigenvalue weighted by molar-refractivity contribution is 0.0685. The van der Waals surface area contributed by atoms with Gasteiger partial charge in [-0.25, -0.2) is 17.5 Å². The summed E-state index contributed by atoms with van der Waals surface area (Å²) in [5.74, 6) is -0.915. The van der Waals surface area contributed by atoms with E-state index in [1.54, 1.807) is 9.47 Å². The van der Waals surface area contributed by atoms with Gasteiger partial charge in [0.2, 0.25) is 10.0 Å².